The van der Waals surface area contributed by atoms with Gasteiger partial charge >= 0.3 is 0 Å². The third kappa shape index (κ3) is 3.63. The van der Waals surface area contributed by atoms with E-state index in [-0.39, 0.29) is 23.3 Å². The molecule has 1 aliphatic rings. The van der Waals surface area contributed by atoms with Crippen molar-refractivity contribution in [2.45, 2.75) is 57.3 Å². The Morgan fingerprint density at radius 3 is 3.00 bits per heavy atom. The van der Waals surface area contributed by atoms with Crippen LogP contribution in [0.3, 0.4) is 0 Å². The number of nitrogens with one attached hydrogen (secondary N) is 1. The maximum Gasteiger partial charge on any atom is 0.263 e. The van der Waals surface area contributed by atoms with Crippen LogP contribution in [0.5, 0.6) is 0 Å². The minimum atomic E-state index is -0.198. The quantitative estimate of drug-likeness (QED) is 0.486. The van der Waals surface area contributed by atoms with Crippen molar-refractivity contribution >= 4 is 39.2 Å². The van der Waals surface area contributed by atoms with Gasteiger partial charge < -0.3 is 9.73 Å². The van der Waals surface area contributed by atoms with E-state index < -0.39 is 0 Å². The van der Waals surface area contributed by atoms with Crippen molar-refractivity contribution in [3.05, 3.63) is 45.0 Å². The van der Waals surface area contributed by atoms with E-state index in [0.717, 1.165) is 29.5 Å². The number of nitrogens with zero attached hydrogens (tertiary/aromatic N) is 2. The molecule has 6 nitrogen and oxygen atoms in total. The van der Waals surface area contributed by atoms with E-state index in [1.165, 1.54) is 28.6 Å². The molecule has 148 valence electrons. The number of furan rings is 1. The standard InChI is InChI=1S/C20H23N3O3S2/c1-3-23-19(25)17-13-7-4-5-9-15(13)28-18(17)22-20(23)27-11-16(24)21-12(2)14-8-6-10-26-14/h6,8,10,12H,3-5,7,9,11H2,1-2H3,(H,21,24)/t12-/m1/s1. The Labute approximate surface area is 171 Å². The topological polar surface area (TPSA) is 77.1 Å². The van der Waals surface area contributed by atoms with E-state index in [2.05, 4.69) is 5.32 Å². The predicted molar refractivity (Wildman–Crippen MR) is 112 cm³/mol. The molecule has 0 aliphatic heterocycles. The van der Waals surface area contributed by atoms with Crippen molar-refractivity contribution in [3.8, 4) is 0 Å². The maximum absolute atomic E-state index is 13.1. The first-order chi connectivity index (χ1) is 13.6. The Hall–Kier alpha value is -2.06. The van der Waals surface area contributed by atoms with Crippen LogP contribution < -0.4 is 10.9 Å². The lowest BCUT2D eigenvalue weighted by Gasteiger charge is -2.13. The van der Waals surface area contributed by atoms with Crippen LogP contribution in [0.15, 0.2) is 32.8 Å². The molecule has 28 heavy (non-hydrogen) atoms. The zero-order chi connectivity index (χ0) is 19.7. The average Bonchev–Trinajstić information content (AvgIpc) is 3.34. The number of aryl methyl sites for hydroxylation is 2. The first-order valence-corrected chi connectivity index (χ1v) is 11.4. The summed E-state index contributed by atoms with van der Waals surface area (Å²) in [6.45, 7) is 4.36. The molecule has 0 radical (unpaired) electrons. The molecule has 0 aromatic carbocycles. The molecule has 1 aliphatic carbocycles. The van der Waals surface area contributed by atoms with E-state index in [1.54, 1.807) is 28.2 Å². The van der Waals surface area contributed by atoms with Crippen molar-refractivity contribution in [1.29, 1.82) is 0 Å². The lowest BCUT2D eigenvalue weighted by molar-refractivity contribution is -0.119. The van der Waals surface area contributed by atoms with Gasteiger partial charge in [-0.25, -0.2) is 4.98 Å². The minimum absolute atomic E-state index is 0.0266. The SMILES string of the molecule is CCn1c(SCC(=O)N[C@H](C)c2ccco2)nc2sc3c(c2c1=O)CCCC3. The highest BCUT2D eigenvalue weighted by Gasteiger charge is 2.22. The highest BCUT2D eigenvalue weighted by atomic mass is 32.2. The Morgan fingerprint density at radius 1 is 1.43 bits per heavy atom. The van der Waals surface area contributed by atoms with Gasteiger partial charge in [0, 0.05) is 11.4 Å². The number of fused-ring (bicyclic) bond motifs is 3. The molecule has 0 unspecified atom stereocenters. The highest BCUT2D eigenvalue weighted by molar-refractivity contribution is 7.99. The summed E-state index contributed by atoms with van der Waals surface area (Å²) in [5, 5.41) is 4.32. The van der Waals surface area contributed by atoms with Gasteiger partial charge in [0.1, 0.15) is 10.6 Å². The fraction of sp³-hybridized carbons (Fsp3) is 0.450. The number of carbonyl (C=O) groups excluding carboxylic acids is 1. The third-order valence-corrected chi connectivity index (χ3v) is 7.20. The van der Waals surface area contributed by atoms with Crippen LogP contribution in [0, 0.1) is 0 Å². The molecular formula is C20H23N3O3S2. The average molecular weight is 418 g/mol. The molecule has 3 aromatic rings. The number of rotatable bonds is 6. The number of thiophene rings is 1. The van der Waals surface area contributed by atoms with Gasteiger partial charge in [-0.05, 0) is 57.2 Å². The zero-order valence-corrected chi connectivity index (χ0v) is 17.6. The molecule has 1 amide bonds. The number of thioether (sulfide) groups is 1. The van der Waals surface area contributed by atoms with Crippen LogP contribution >= 0.6 is 23.1 Å². The van der Waals surface area contributed by atoms with Crippen LogP contribution in [-0.4, -0.2) is 21.2 Å². The Kier molecular flexibility index (Phi) is 5.59. The van der Waals surface area contributed by atoms with Gasteiger partial charge in [-0.3, -0.25) is 14.2 Å². The van der Waals surface area contributed by atoms with Crippen molar-refractivity contribution in [3.63, 3.8) is 0 Å². The molecule has 3 heterocycles. The van der Waals surface area contributed by atoms with Gasteiger partial charge in [-0.15, -0.1) is 11.3 Å². The molecule has 0 bridgehead atoms. The first-order valence-electron chi connectivity index (χ1n) is 9.59. The fourth-order valence-corrected chi connectivity index (χ4v) is 5.81. The predicted octanol–water partition coefficient (Wildman–Crippen LogP) is 3.92. The second-order valence-corrected chi connectivity index (χ2v) is 8.95. The molecule has 3 aromatic heterocycles. The molecule has 0 saturated carbocycles. The van der Waals surface area contributed by atoms with Crippen LogP contribution in [-0.2, 0) is 24.2 Å². The molecule has 4 rings (SSSR count). The Bertz CT molecular complexity index is 1050. The third-order valence-electron chi connectivity index (χ3n) is 5.04. The van der Waals surface area contributed by atoms with Gasteiger partial charge in [0.05, 0.1) is 23.4 Å². The van der Waals surface area contributed by atoms with Gasteiger partial charge in [-0.2, -0.15) is 0 Å². The molecule has 1 atom stereocenters. The summed E-state index contributed by atoms with van der Waals surface area (Å²) in [7, 11) is 0. The van der Waals surface area contributed by atoms with E-state index in [0.29, 0.717) is 17.5 Å². The van der Waals surface area contributed by atoms with Gasteiger partial charge in [0.2, 0.25) is 5.91 Å². The molecule has 1 N–H and O–H groups in total. The number of amides is 1. The van der Waals surface area contributed by atoms with Crippen molar-refractivity contribution < 1.29 is 9.21 Å². The van der Waals surface area contributed by atoms with E-state index in [9.17, 15) is 9.59 Å². The monoisotopic (exact) mass is 417 g/mol. The summed E-state index contributed by atoms with van der Waals surface area (Å²) in [5.74, 6) is 0.803. The summed E-state index contributed by atoms with van der Waals surface area (Å²) in [5.41, 5.74) is 1.23. The summed E-state index contributed by atoms with van der Waals surface area (Å²) < 4.78 is 7.01. The summed E-state index contributed by atoms with van der Waals surface area (Å²) >= 11 is 2.95. The first kappa shape index (κ1) is 19.3. The highest BCUT2D eigenvalue weighted by Crippen LogP contribution is 2.34. The van der Waals surface area contributed by atoms with Crippen LogP contribution in [0.25, 0.3) is 10.2 Å². The molecule has 0 fully saturated rings. The van der Waals surface area contributed by atoms with Crippen LogP contribution in [0.2, 0.25) is 0 Å². The Morgan fingerprint density at radius 2 is 2.25 bits per heavy atom. The number of carbonyl (C=O) groups is 1. The zero-order valence-electron chi connectivity index (χ0n) is 16.0. The number of hydrogen-bond donors (Lipinski definition) is 1. The van der Waals surface area contributed by atoms with E-state index in [1.807, 2.05) is 19.9 Å². The normalized spacial score (nSPS) is 14.8. The lowest BCUT2D eigenvalue weighted by atomic mass is 9.97. The summed E-state index contributed by atoms with van der Waals surface area (Å²) in [6.07, 6.45) is 5.91. The van der Waals surface area contributed by atoms with Crippen molar-refractivity contribution in [2.75, 3.05) is 5.75 Å². The van der Waals surface area contributed by atoms with Crippen molar-refractivity contribution in [2.24, 2.45) is 0 Å². The molecule has 0 spiro atoms. The van der Waals surface area contributed by atoms with E-state index in [4.69, 9.17) is 9.40 Å². The molecule has 0 saturated heterocycles. The summed E-state index contributed by atoms with van der Waals surface area (Å²) in [4.78, 5) is 32.3. The smallest absolute Gasteiger partial charge is 0.263 e. The maximum atomic E-state index is 13.1. The summed E-state index contributed by atoms with van der Waals surface area (Å²) in [6, 6.07) is 3.43. The van der Waals surface area contributed by atoms with Gasteiger partial charge in [-0.1, -0.05) is 11.8 Å². The largest absolute Gasteiger partial charge is 0.467 e. The van der Waals surface area contributed by atoms with Gasteiger partial charge in [0.15, 0.2) is 5.16 Å². The fourth-order valence-electron chi connectivity index (χ4n) is 3.63. The molecule has 8 heteroatoms. The second-order valence-electron chi connectivity index (χ2n) is 6.93. The van der Waals surface area contributed by atoms with E-state index >= 15 is 0 Å². The number of hydrogen-bond acceptors (Lipinski definition) is 6. The second kappa shape index (κ2) is 8.13. The van der Waals surface area contributed by atoms with Crippen LogP contribution in [0.4, 0.5) is 0 Å². The number of aromatic nitrogens is 2. The van der Waals surface area contributed by atoms with Crippen molar-refractivity contribution in [1.82, 2.24) is 14.9 Å². The van der Waals surface area contributed by atoms with Crippen LogP contribution in [0.1, 0.15) is 48.9 Å². The Balaban J connectivity index is 1.55. The lowest BCUT2D eigenvalue weighted by Crippen LogP contribution is -2.29. The minimum Gasteiger partial charge on any atom is -0.467 e. The molecular weight excluding hydrogens is 394 g/mol. The van der Waals surface area contributed by atoms with Gasteiger partial charge in [0.25, 0.3) is 5.56 Å².